The van der Waals surface area contributed by atoms with Gasteiger partial charge in [-0.2, -0.15) is 5.26 Å². The van der Waals surface area contributed by atoms with Gasteiger partial charge in [-0.15, -0.1) is 0 Å². The quantitative estimate of drug-likeness (QED) is 0.416. The monoisotopic (exact) mass is 519 g/mol. The summed E-state index contributed by atoms with van der Waals surface area (Å²) in [5, 5.41) is 12.6. The summed E-state index contributed by atoms with van der Waals surface area (Å²) in [6.07, 6.45) is 1.77. The Morgan fingerprint density at radius 3 is 2.70 bits per heavy atom. The molecule has 3 aromatic rings. The molecule has 1 amide bonds. The molecule has 3 aromatic carbocycles. The highest BCUT2D eigenvalue weighted by Gasteiger charge is 2.24. The summed E-state index contributed by atoms with van der Waals surface area (Å²) in [6.45, 7) is 0.241. The smallest absolute Gasteiger partial charge is 0.264 e. The van der Waals surface area contributed by atoms with Crippen LogP contribution in [0.15, 0.2) is 81.1 Å². The summed E-state index contributed by atoms with van der Waals surface area (Å²) in [7, 11) is 1.60. The molecule has 33 heavy (non-hydrogen) atoms. The highest BCUT2D eigenvalue weighted by atomic mass is 79.9. The summed E-state index contributed by atoms with van der Waals surface area (Å²) < 4.78 is 12.0. The fourth-order valence-corrected chi connectivity index (χ4v) is 4.28. The molecule has 1 aliphatic heterocycles. The zero-order valence-electron chi connectivity index (χ0n) is 17.5. The number of amidine groups is 1. The van der Waals surface area contributed by atoms with Gasteiger partial charge in [0.1, 0.15) is 18.1 Å². The van der Waals surface area contributed by atoms with Crippen molar-refractivity contribution in [2.75, 3.05) is 7.11 Å². The van der Waals surface area contributed by atoms with Gasteiger partial charge >= 0.3 is 0 Å². The summed E-state index contributed by atoms with van der Waals surface area (Å²) in [4.78, 5) is 17.5. The first kappa shape index (κ1) is 22.6. The molecule has 0 aromatic heterocycles. The predicted molar refractivity (Wildman–Crippen MR) is 133 cm³/mol. The SMILES string of the molecule is COc1ccc(N=C2NC(=O)/C(=C\c3cc(Br)ccc3OCc3ccccc3C#N)S2)cc1. The second-order valence-corrected chi connectivity index (χ2v) is 8.87. The standard InChI is InChI=1S/C25H18BrN3O3S/c1-31-21-9-7-20(8-10-21)28-25-29-24(30)23(33-25)13-18-12-19(26)6-11-22(18)32-15-17-5-3-2-4-16(17)14-27/h2-13H,15H2,1H3,(H,28,29,30)/b23-13+. The van der Waals surface area contributed by atoms with Crippen LogP contribution in [0.5, 0.6) is 11.5 Å². The molecule has 0 radical (unpaired) electrons. The highest BCUT2D eigenvalue weighted by Crippen LogP contribution is 2.32. The van der Waals surface area contributed by atoms with E-state index in [1.165, 1.54) is 11.8 Å². The van der Waals surface area contributed by atoms with Crippen LogP contribution in [0.4, 0.5) is 5.69 Å². The Bertz CT molecular complexity index is 1300. The second-order valence-electron chi connectivity index (χ2n) is 6.92. The first-order valence-electron chi connectivity index (χ1n) is 9.90. The van der Waals surface area contributed by atoms with Crippen LogP contribution < -0.4 is 14.8 Å². The molecule has 1 N–H and O–H groups in total. The number of rotatable bonds is 6. The lowest BCUT2D eigenvalue weighted by atomic mass is 10.1. The van der Waals surface area contributed by atoms with E-state index in [9.17, 15) is 10.1 Å². The molecule has 1 saturated heterocycles. The Labute approximate surface area is 204 Å². The van der Waals surface area contributed by atoms with Gasteiger partial charge in [-0.25, -0.2) is 4.99 Å². The molecule has 0 atom stereocenters. The van der Waals surface area contributed by atoms with Crippen molar-refractivity contribution in [2.45, 2.75) is 6.61 Å². The van der Waals surface area contributed by atoms with Crippen LogP contribution in [0.25, 0.3) is 6.08 Å². The number of hydrogen-bond donors (Lipinski definition) is 1. The summed E-state index contributed by atoms with van der Waals surface area (Å²) in [5.74, 6) is 1.11. The first-order valence-corrected chi connectivity index (χ1v) is 11.5. The van der Waals surface area contributed by atoms with Gasteiger partial charge < -0.3 is 14.8 Å². The van der Waals surface area contributed by atoms with Crippen molar-refractivity contribution in [3.05, 3.63) is 92.8 Å². The number of amides is 1. The topological polar surface area (TPSA) is 83.7 Å². The van der Waals surface area contributed by atoms with Gasteiger partial charge in [-0.3, -0.25) is 4.79 Å². The van der Waals surface area contributed by atoms with Crippen LogP contribution in [-0.2, 0) is 11.4 Å². The maximum Gasteiger partial charge on any atom is 0.264 e. The average molecular weight is 520 g/mol. The Balaban J connectivity index is 1.55. The normalized spacial score (nSPS) is 15.4. The molecule has 1 heterocycles. The molecule has 164 valence electrons. The lowest BCUT2D eigenvalue weighted by Gasteiger charge is -2.11. The highest BCUT2D eigenvalue weighted by molar-refractivity contribution is 9.10. The molecular weight excluding hydrogens is 502 g/mol. The number of carbonyl (C=O) groups excluding carboxylic acids is 1. The molecule has 6 nitrogen and oxygen atoms in total. The summed E-state index contributed by atoms with van der Waals surface area (Å²) >= 11 is 4.74. The van der Waals surface area contributed by atoms with Gasteiger partial charge in [0.25, 0.3) is 5.91 Å². The van der Waals surface area contributed by atoms with E-state index in [2.05, 4.69) is 32.3 Å². The van der Waals surface area contributed by atoms with Gasteiger partial charge in [0.05, 0.1) is 29.3 Å². The number of nitriles is 1. The number of halogens is 1. The molecule has 0 bridgehead atoms. The largest absolute Gasteiger partial charge is 0.497 e. The maximum absolute atomic E-state index is 12.5. The predicted octanol–water partition coefficient (Wildman–Crippen LogP) is 5.80. The van der Waals surface area contributed by atoms with Crippen molar-refractivity contribution in [3.63, 3.8) is 0 Å². The van der Waals surface area contributed by atoms with E-state index in [4.69, 9.17) is 9.47 Å². The fourth-order valence-electron chi connectivity index (χ4n) is 3.07. The van der Waals surface area contributed by atoms with Crippen molar-refractivity contribution in [1.29, 1.82) is 5.26 Å². The Morgan fingerprint density at radius 1 is 1.15 bits per heavy atom. The summed E-state index contributed by atoms with van der Waals surface area (Å²) in [5.41, 5.74) is 2.81. The number of carbonyl (C=O) groups is 1. The number of methoxy groups -OCH3 is 1. The molecule has 4 rings (SSSR count). The van der Waals surface area contributed by atoms with Gasteiger partial charge in [-0.05, 0) is 66.4 Å². The third-order valence-corrected chi connectivity index (χ3v) is 6.14. The third-order valence-electron chi connectivity index (χ3n) is 4.73. The van der Waals surface area contributed by atoms with E-state index >= 15 is 0 Å². The molecule has 8 heteroatoms. The van der Waals surface area contributed by atoms with Crippen LogP contribution in [-0.4, -0.2) is 18.2 Å². The average Bonchev–Trinajstić information content (AvgIpc) is 3.17. The molecule has 1 fully saturated rings. The van der Waals surface area contributed by atoms with E-state index in [-0.39, 0.29) is 12.5 Å². The lowest BCUT2D eigenvalue weighted by Crippen LogP contribution is -2.19. The third kappa shape index (κ3) is 5.64. The first-order chi connectivity index (χ1) is 16.1. The number of benzene rings is 3. The molecule has 0 aliphatic carbocycles. The zero-order valence-corrected chi connectivity index (χ0v) is 19.9. The van der Waals surface area contributed by atoms with E-state index in [1.807, 2.05) is 60.7 Å². The summed E-state index contributed by atoms with van der Waals surface area (Å²) in [6, 6.07) is 22.3. The van der Waals surface area contributed by atoms with Crippen LogP contribution in [0.3, 0.4) is 0 Å². The van der Waals surface area contributed by atoms with Crippen LogP contribution in [0.1, 0.15) is 16.7 Å². The molecule has 0 saturated carbocycles. The maximum atomic E-state index is 12.5. The Morgan fingerprint density at radius 2 is 1.94 bits per heavy atom. The number of nitrogens with zero attached hydrogens (tertiary/aromatic N) is 2. The van der Waals surface area contributed by atoms with Crippen molar-refractivity contribution in [3.8, 4) is 17.6 Å². The van der Waals surface area contributed by atoms with Crippen molar-refractivity contribution in [1.82, 2.24) is 5.32 Å². The van der Waals surface area contributed by atoms with E-state index in [0.717, 1.165) is 21.3 Å². The molecular formula is C25H18BrN3O3S. The number of ether oxygens (including phenoxy) is 2. The van der Waals surface area contributed by atoms with Crippen molar-refractivity contribution >= 4 is 50.5 Å². The lowest BCUT2D eigenvalue weighted by molar-refractivity contribution is -0.115. The molecule has 0 spiro atoms. The number of aliphatic imine (C=N–C) groups is 1. The number of nitrogens with one attached hydrogen (secondary N) is 1. The minimum absolute atomic E-state index is 0.229. The fraction of sp³-hybridized carbons (Fsp3) is 0.0800. The number of thioether (sulfide) groups is 1. The van der Waals surface area contributed by atoms with Crippen LogP contribution >= 0.6 is 27.7 Å². The molecule has 1 aliphatic rings. The Hall–Kier alpha value is -3.54. The van der Waals surface area contributed by atoms with Crippen molar-refractivity contribution in [2.24, 2.45) is 4.99 Å². The van der Waals surface area contributed by atoms with E-state index in [0.29, 0.717) is 27.1 Å². The Kier molecular flexibility index (Phi) is 7.13. The van der Waals surface area contributed by atoms with Crippen molar-refractivity contribution < 1.29 is 14.3 Å². The van der Waals surface area contributed by atoms with E-state index < -0.39 is 0 Å². The number of hydrogen-bond acceptors (Lipinski definition) is 6. The van der Waals surface area contributed by atoms with Crippen LogP contribution in [0.2, 0.25) is 0 Å². The van der Waals surface area contributed by atoms with Gasteiger partial charge in [-0.1, -0.05) is 34.1 Å². The van der Waals surface area contributed by atoms with Gasteiger partial charge in [0.15, 0.2) is 5.17 Å². The van der Waals surface area contributed by atoms with E-state index in [1.54, 1.807) is 19.3 Å². The minimum atomic E-state index is -0.229. The second kappa shape index (κ2) is 10.4. The van der Waals surface area contributed by atoms with Gasteiger partial charge in [0, 0.05) is 15.6 Å². The van der Waals surface area contributed by atoms with Crippen LogP contribution in [0, 0.1) is 11.3 Å². The van der Waals surface area contributed by atoms with Gasteiger partial charge in [0.2, 0.25) is 0 Å². The minimum Gasteiger partial charge on any atom is -0.497 e. The molecule has 0 unspecified atom stereocenters. The zero-order chi connectivity index (χ0) is 23.2.